The predicted molar refractivity (Wildman–Crippen MR) is 150 cm³/mol. The van der Waals surface area contributed by atoms with Crippen LogP contribution in [0.2, 0.25) is 0 Å². The van der Waals surface area contributed by atoms with Gasteiger partial charge in [-0.05, 0) is 49.7 Å². The van der Waals surface area contributed by atoms with Crippen molar-refractivity contribution in [3.8, 4) is 0 Å². The van der Waals surface area contributed by atoms with Crippen LogP contribution < -0.4 is 0 Å². The second-order valence-electron chi connectivity index (χ2n) is 9.63. The molecule has 4 aromatic rings. The average Bonchev–Trinajstić information content (AvgIpc) is 3.59. The van der Waals surface area contributed by atoms with Crippen LogP contribution >= 0.6 is 0 Å². The molecule has 0 saturated carbocycles. The summed E-state index contributed by atoms with van der Waals surface area (Å²) < 4.78 is 3.72. The maximum absolute atomic E-state index is 10.4. The number of carbonyl (C=O) groups is 1. The number of aliphatic hydroxyl groups excluding tert-OH is 1. The van der Waals surface area contributed by atoms with E-state index in [1.54, 1.807) is 0 Å². The number of rotatable bonds is 16. The van der Waals surface area contributed by atoms with Gasteiger partial charge in [-0.15, -0.1) is 10.2 Å². The number of aliphatic hydroxyl groups is 1. The lowest BCUT2D eigenvalue weighted by molar-refractivity contribution is -0.137. The molecule has 0 aliphatic carbocycles. The minimum Gasteiger partial charge on any atom is -0.481 e. The van der Waals surface area contributed by atoms with E-state index in [9.17, 15) is 4.79 Å². The molecule has 0 spiro atoms. The van der Waals surface area contributed by atoms with Crippen molar-refractivity contribution in [3.63, 3.8) is 0 Å². The molecule has 208 valence electrons. The fourth-order valence-electron chi connectivity index (χ4n) is 4.13. The van der Waals surface area contributed by atoms with Crippen molar-refractivity contribution < 1.29 is 15.0 Å². The minimum atomic E-state index is -0.723. The van der Waals surface area contributed by atoms with E-state index in [0.29, 0.717) is 6.61 Å². The molecule has 2 aromatic heterocycles. The molecule has 39 heavy (non-hydrogen) atoms. The van der Waals surface area contributed by atoms with E-state index in [-0.39, 0.29) is 6.42 Å². The fraction of sp³-hybridized carbons (Fsp3) is 0.433. The maximum Gasteiger partial charge on any atom is 0.303 e. The van der Waals surface area contributed by atoms with Crippen molar-refractivity contribution in [1.82, 2.24) is 30.0 Å². The van der Waals surface area contributed by atoms with Crippen molar-refractivity contribution in [1.29, 1.82) is 0 Å². The van der Waals surface area contributed by atoms with E-state index >= 15 is 0 Å². The first-order valence-electron chi connectivity index (χ1n) is 13.8. The smallest absolute Gasteiger partial charge is 0.303 e. The van der Waals surface area contributed by atoms with Crippen LogP contribution in [0.25, 0.3) is 0 Å². The number of nitrogens with zero attached hydrogens (tertiary/aromatic N) is 6. The fourth-order valence-corrected chi connectivity index (χ4v) is 4.13. The molecule has 2 heterocycles. The largest absolute Gasteiger partial charge is 0.481 e. The van der Waals surface area contributed by atoms with Gasteiger partial charge in [-0.2, -0.15) is 0 Å². The summed E-state index contributed by atoms with van der Waals surface area (Å²) in [5.41, 5.74) is 4.46. The average molecular weight is 533 g/mol. The molecule has 0 saturated heterocycles. The van der Waals surface area contributed by atoms with Gasteiger partial charge < -0.3 is 10.2 Å². The Hall–Kier alpha value is -3.85. The van der Waals surface area contributed by atoms with Gasteiger partial charge in [-0.25, -0.2) is 9.36 Å². The maximum atomic E-state index is 10.4. The quantitative estimate of drug-likeness (QED) is 0.196. The molecule has 9 heteroatoms. The lowest BCUT2D eigenvalue weighted by atomic mass is 10.1. The Morgan fingerprint density at radius 3 is 1.56 bits per heavy atom. The van der Waals surface area contributed by atoms with Crippen molar-refractivity contribution >= 4 is 5.97 Å². The van der Waals surface area contributed by atoms with E-state index in [0.717, 1.165) is 82.3 Å². The molecule has 0 atom stereocenters. The van der Waals surface area contributed by atoms with E-state index in [4.69, 9.17) is 10.2 Å². The molecular weight excluding hydrogens is 492 g/mol. The summed E-state index contributed by atoms with van der Waals surface area (Å²) in [5, 5.41) is 33.8. The Morgan fingerprint density at radius 1 is 0.641 bits per heavy atom. The second kappa shape index (κ2) is 17.6. The summed E-state index contributed by atoms with van der Waals surface area (Å²) in [6.07, 6.45) is 12.9. The molecule has 0 amide bonds. The van der Waals surface area contributed by atoms with Crippen LogP contribution in [-0.4, -0.2) is 52.8 Å². The van der Waals surface area contributed by atoms with Crippen molar-refractivity contribution in [2.45, 2.75) is 77.3 Å². The number of carboxylic acid groups (broad SMARTS) is 1. The summed E-state index contributed by atoms with van der Waals surface area (Å²) in [5.74, 6) is -0.723. The van der Waals surface area contributed by atoms with E-state index < -0.39 is 5.97 Å². The lowest BCUT2D eigenvalue weighted by Gasteiger charge is -1.99. The van der Waals surface area contributed by atoms with Crippen LogP contribution in [0.15, 0.2) is 73.1 Å². The van der Waals surface area contributed by atoms with Gasteiger partial charge in [-0.1, -0.05) is 90.4 Å². The molecule has 0 unspecified atom stereocenters. The van der Waals surface area contributed by atoms with Gasteiger partial charge in [0, 0.05) is 25.4 Å². The SMILES string of the molecule is O=C(O)CCCCCc1cn(Cc2ccccc2)nn1.OCCCCCCc1cn(Cc2ccccc2)nn1. The number of unbranched alkanes of at least 4 members (excludes halogenated alkanes) is 5. The number of hydrogen-bond donors (Lipinski definition) is 2. The molecule has 0 aliphatic heterocycles. The third-order valence-corrected chi connectivity index (χ3v) is 6.21. The highest BCUT2D eigenvalue weighted by molar-refractivity contribution is 5.66. The number of benzene rings is 2. The zero-order valence-corrected chi connectivity index (χ0v) is 22.6. The zero-order valence-electron chi connectivity index (χ0n) is 22.6. The first-order chi connectivity index (χ1) is 19.1. The molecule has 4 rings (SSSR count). The number of aromatic nitrogens is 6. The summed E-state index contributed by atoms with van der Waals surface area (Å²) in [7, 11) is 0. The monoisotopic (exact) mass is 532 g/mol. The predicted octanol–water partition coefficient (Wildman–Crippen LogP) is 4.94. The topological polar surface area (TPSA) is 119 Å². The van der Waals surface area contributed by atoms with E-state index in [1.807, 2.05) is 58.2 Å². The zero-order chi connectivity index (χ0) is 27.5. The van der Waals surface area contributed by atoms with Gasteiger partial charge >= 0.3 is 5.97 Å². The number of aryl methyl sites for hydroxylation is 2. The summed E-state index contributed by atoms with van der Waals surface area (Å²) in [6, 6.07) is 20.4. The highest BCUT2D eigenvalue weighted by Gasteiger charge is 2.03. The second-order valence-corrected chi connectivity index (χ2v) is 9.63. The molecule has 0 bridgehead atoms. The highest BCUT2D eigenvalue weighted by atomic mass is 16.4. The molecule has 0 aliphatic rings. The van der Waals surface area contributed by atoms with E-state index in [1.165, 1.54) is 11.1 Å². The Morgan fingerprint density at radius 2 is 1.10 bits per heavy atom. The molecule has 2 aromatic carbocycles. The Bertz CT molecular complexity index is 1190. The third kappa shape index (κ3) is 12.5. The summed E-state index contributed by atoms with van der Waals surface area (Å²) in [6.45, 7) is 1.80. The first kappa shape index (κ1) is 29.7. The van der Waals surface area contributed by atoms with Crippen LogP contribution in [0, 0.1) is 0 Å². The van der Waals surface area contributed by atoms with Crippen LogP contribution in [0.5, 0.6) is 0 Å². The number of hydrogen-bond acceptors (Lipinski definition) is 6. The van der Waals surface area contributed by atoms with Gasteiger partial charge in [-0.3, -0.25) is 4.79 Å². The van der Waals surface area contributed by atoms with Gasteiger partial charge in [0.2, 0.25) is 0 Å². The Labute approximate surface area is 230 Å². The van der Waals surface area contributed by atoms with Crippen LogP contribution in [-0.2, 0) is 30.7 Å². The Balaban J connectivity index is 0.000000216. The number of aliphatic carboxylic acids is 1. The van der Waals surface area contributed by atoms with Gasteiger partial charge in [0.1, 0.15) is 0 Å². The Kier molecular flexibility index (Phi) is 13.4. The standard InChI is InChI=1S/C15H19N3O2.C15H21N3O/c19-15(20)10-6-2-5-9-14-12-18(17-16-14)11-13-7-3-1-4-8-13;19-11-7-2-1-6-10-15-13-18(17-16-15)12-14-8-4-3-5-9-14/h1,3-4,7-8,12H,2,5-6,9-11H2,(H,19,20);3-5,8-9,13,19H,1-2,6-7,10-12H2. The van der Waals surface area contributed by atoms with Gasteiger partial charge in [0.15, 0.2) is 0 Å². The van der Waals surface area contributed by atoms with Crippen LogP contribution in [0.1, 0.15) is 73.9 Å². The molecule has 0 radical (unpaired) electrons. The molecular formula is C30H40N6O3. The van der Waals surface area contributed by atoms with Crippen LogP contribution in [0.4, 0.5) is 0 Å². The van der Waals surface area contributed by atoms with Crippen LogP contribution in [0.3, 0.4) is 0 Å². The summed E-state index contributed by atoms with van der Waals surface area (Å²) >= 11 is 0. The minimum absolute atomic E-state index is 0.251. The first-order valence-corrected chi connectivity index (χ1v) is 13.8. The normalized spacial score (nSPS) is 10.7. The van der Waals surface area contributed by atoms with Crippen molar-refractivity contribution in [2.75, 3.05) is 6.61 Å². The molecule has 9 nitrogen and oxygen atoms in total. The van der Waals surface area contributed by atoms with E-state index in [2.05, 4.69) is 44.9 Å². The highest BCUT2D eigenvalue weighted by Crippen LogP contribution is 2.08. The number of carboxylic acids is 1. The lowest BCUT2D eigenvalue weighted by Crippen LogP contribution is -1.99. The van der Waals surface area contributed by atoms with Gasteiger partial charge in [0.25, 0.3) is 0 Å². The summed E-state index contributed by atoms with van der Waals surface area (Å²) in [4.78, 5) is 10.4. The molecule has 2 N–H and O–H groups in total. The van der Waals surface area contributed by atoms with Crippen molar-refractivity contribution in [3.05, 3.63) is 95.6 Å². The molecule has 0 fully saturated rings. The van der Waals surface area contributed by atoms with Crippen molar-refractivity contribution in [2.24, 2.45) is 0 Å². The third-order valence-electron chi connectivity index (χ3n) is 6.21. The van der Waals surface area contributed by atoms with Gasteiger partial charge in [0.05, 0.1) is 24.5 Å².